The normalized spacial score (nSPS) is 10.9. The molecule has 0 radical (unpaired) electrons. The van der Waals surface area contributed by atoms with E-state index in [0.717, 1.165) is 28.2 Å². The smallest absolute Gasteiger partial charge is 0.152 e. The van der Waals surface area contributed by atoms with Gasteiger partial charge in [0.15, 0.2) is 5.82 Å². The zero-order chi connectivity index (χ0) is 14.1. The number of aromatic nitrogens is 4. The quantitative estimate of drug-likeness (QED) is 0.805. The molecule has 0 unspecified atom stereocenters. The van der Waals surface area contributed by atoms with E-state index in [1.807, 2.05) is 42.8 Å². The Labute approximate surface area is 121 Å². The van der Waals surface area contributed by atoms with E-state index in [2.05, 4.69) is 20.5 Å². The minimum atomic E-state index is 0.588. The van der Waals surface area contributed by atoms with Crippen LogP contribution in [0.15, 0.2) is 30.5 Å². The van der Waals surface area contributed by atoms with E-state index in [4.69, 9.17) is 11.6 Å². The zero-order valence-electron chi connectivity index (χ0n) is 11.3. The molecule has 0 amide bonds. The summed E-state index contributed by atoms with van der Waals surface area (Å²) in [6.07, 6.45) is 1.76. The molecule has 0 saturated carbocycles. The number of pyridine rings is 1. The van der Waals surface area contributed by atoms with Crippen LogP contribution in [0.2, 0.25) is 5.02 Å². The summed E-state index contributed by atoms with van der Waals surface area (Å²) in [6.45, 7) is 2.51. The van der Waals surface area contributed by atoms with Gasteiger partial charge in [-0.05, 0) is 31.2 Å². The predicted octanol–water partition coefficient (Wildman–Crippen LogP) is 2.94. The number of hydrogen-bond acceptors (Lipinski definition) is 4. The van der Waals surface area contributed by atoms with Crippen molar-refractivity contribution in [2.75, 3.05) is 5.32 Å². The molecule has 1 N–H and O–H groups in total. The van der Waals surface area contributed by atoms with Crippen LogP contribution in [0.4, 0.5) is 5.69 Å². The Balaban J connectivity index is 1.92. The van der Waals surface area contributed by atoms with Gasteiger partial charge >= 0.3 is 0 Å². The number of benzene rings is 1. The standard InChI is InChI=1S/C14H14ClN5/c1-9-18-19-13(20(9)2)8-17-12-6-5-11(15)10-4-3-7-16-14(10)12/h3-7,17H,8H2,1-2H3. The third-order valence-corrected chi connectivity index (χ3v) is 3.67. The fourth-order valence-electron chi connectivity index (χ4n) is 2.06. The van der Waals surface area contributed by atoms with E-state index in [1.54, 1.807) is 6.20 Å². The van der Waals surface area contributed by atoms with Gasteiger partial charge in [0.2, 0.25) is 0 Å². The fraction of sp³-hybridized carbons (Fsp3) is 0.214. The lowest BCUT2D eigenvalue weighted by molar-refractivity contribution is 0.789. The molecule has 6 heteroatoms. The van der Waals surface area contributed by atoms with Crippen molar-refractivity contribution in [2.45, 2.75) is 13.5 Å². The highest BCUT2D eigenvalue weighted by Crippen LogP contribution is 2.28. The number of nitrogens with zero attached hydrogens (tertiary/aromatic N) is 4. The summed E-state index contributed by atoms with van der Waals surface area (Å²) in [7, 11) is 1.95. The van der Waals surface area contributed by atoms with Gasteiger partial charge in [-0.1, -0.05) is 11.6 Å². The first kappa shape index (κ1) is 12.9. The highest BCUT2D eigenvalue weighted by atomic mass is 35.5. The Kier molecular flexibility index (Phi) is 3.28. The van der Waals surface area contributed by atoms with Gasteiger partial charge in [-0.3, -0.25) is 4.98 Å². The summed E-state index contributed by atoms with van der Waals surface area (Å²) < 4.78 is 1.96. The lowest BCUT2D eigenvalue weighted by Gasteiger charge is -2.09. The van der Waals surface area contributed by atoms with Crippen molar-refractivity contribution in [2.24, 2.45) is 7.05 Å². The van der Waals surface area contributed by atoms with Crippen LogP contribution < -0.4 is 5.32 Å². The SMILES string of the molecule is Cc1nnc(CNc2ccc(Cl)c3cccnc23)n1C. The van der Waals surface area contributed by atoms with Crippen molar-refractivity contribution in [3.8, 4) is 0 Å². The molecule has 3 aromatic rings. The molecule has 102 valence electrons. The van der Waals surface area contributed by atoms with Gasteiger partial charge in [-0.25, -0.2) is 0 Å². The summed E-state index contributed by atoms with van der Waals surface area (Å²) in [5.74, 6) is 1.77. The third kappa shape index (κ3) is 2.20. The number of fused-ring (bicyclic) bond motifs is 1. The number of aryl methyl sites for hydroxylation is 1. The topological polar surface area (TPSA) is 55.6 Å². The molecule has 1 aromatic carbocycles. The summed E-state index contributed by atoms with van der Waals surface area (Å²) in [4.78, 5) is 4.39. The Morgan fingerprint density at radius 1 is 1.25 bits per heavy atom. The molecular weight excluding hydrogens is 274 g/mol. The minimum Gasteiger partial charge on any atom is -0.376 e. The average Bonchev–Trinajstić information content (AvgIpc) is 2.79. The van der Waals surface area contributed by atoms with Gasteiger partial charge in [0.1, 0.15) is 5.82 Å². The molecule has 0 fully saturated rings. The second kappa shape index (κ2) is 5.09. The van der Waals surface area contributed by atoms with Crippen LogP contribution in [-0.2, 0) is 13.6 Å². The molecule has 2 aromatic heterocycles. The molecule has 0 spiro atoms. The van der Waals surface area contributed by atoms with Crippen LogP contribution in [0.1, 0.15) is 11.6 Å². The molecule has 5 nitrogen and oxygen atoms in total. The van der Waals surface area contributed by atoms with Crippen molar-refractivity contribution < 1.29 is 0 Å². The molecule has 0 aliphatic rings. The highest BCUT2D eigenvalue weighted by molar-refractivity contribution is 6.35. The van der Waals surface area contributed by atoms with Crippen LogP contribution in [0, 0.1) is 6.92 Å². The van der Waals surface area contributed by atoms with Crippen LogP contribution in [0.25, 0.3) is 10.9 Å². The molecule has 20 heavy (non-hydrogen) atoms. The van der Waals surface area contributed by atoms with Crippen LogP contribution >= 0.6 is 11.6 Å². The molecule has 0 bridgehead atoms. The molecule has 2 heterocycles. The van der Waals surface area contributed by atoms with Gasteiger partial charge in [-0.15, -0.1) is 10.2 Å². The van der Waals surface area contributed by atoms with Gasteiger partial charge in [0, 0.05) is 18.6 Å². The monoisotopic (exact) mass is 287 g/mol. The van der Waals surface area contributed by atoms with Crippen molar-refractivity contribution in [1.29, 1.82) is 0 Å². The van der Waals surface area contributed by atoms with E-state index in [-0.39, 0.29) is 0 Å². The maximum atomic E-state index is 6.18. The van der Waals surface area contributed by atoms with Crippen LogP contribution in [0.5, 0.6) is 0 Å². The van der Waals surface area contributed by atoms with Gasteiger partial charge in [-0.2, -0.15) is 0 Å². The van der Waals surface area contributed by atoms with E-state index in [0.29, 0.717) is 11.6 Å². The highest BCUT2D eigenvalue weighted by Gasteiger charge is 2.08. The van der Waals surface area contributed by atoms with E-state index in [1.165, 1.54) is 0 Å². The average molecular weight is 288 g/mol. The maximum absolute atomic E-state index is 6.18. The largest absolute Gasteiger partial charge is 0.376 e. The summed E-state index contributed by atoms with van der Waals surface area (Å²) in [5, 5.41) is 13.2. The lowest BCUT2D eigenvalue weighted by Crippen LogP contribution is -2.07. The van der Waals surface area contributed by atoms with Gasteiger partial charge < -0.3 is 9.88 Å². The molecule has 0 saturated heterocycles. The number of nitrogens with one attached hydrogen (secondary N) is 1. The third-order valence-electron chi connectivity index (χ3n) is 3.34. The summed E-state index contributed by atoms with van der Waals surface area (Å²) in [6, 6.07) is 7.64. The molecule has 0 atom stereocenters. The Hall–Kier alpha value is -2.14. The molecule has 0 aliphatic heterocycles. The second-order valence-corrected chi connectivity index (χ2v) is 4.98. The summed E-state index contributed by atoms with van der Waals surface area (Å²) >= 11 is 6.18. The number of anilines is 1. The predicted molar refractivity (Wildman–Crippen MR) is 79.8 cm³/mol. The minimum absolute atomic E-state index is 0.588. The van der Waals surface area contributed by atoms with Crippen LogP contribution in [0.3, 0.4) is 0 Å². The Morgan fingerprint density at radius 3 is 2.85 bits per heavy atom. The maximum Gasteiger partial charge on any atom is 0.152 e. The van der Waals surface area contributed by atoms with E-state index < -0.39 is 0 Å². The van der Waals surface area contributed by atoms with Crippen molar-refractivity contribution in [3.05, 3.63) is 47.1 Å². The number of hydrogen-bond donors (Lipinski definition) is 1. The first-order valence-corrected chi connectivity index (χ1v) is 6.66. The molecular formula is C14H14ClN5. The molecule has 0 aliphatic carbocycles. The Morgan fingerprint density at radius 2 is 2.10 bits per heavy atom. The lowest BCUT2D eigenvalue weighted by atomic mass is 10.2. The summed E-state index contributed by atoms with van der Waals surface area (Å²) in [5.41, 5.74) is 1.80. The first-order valence-electron chi connectivity index (χ1n) is 6.29. The molecule has 3 rings (SSSR count). The second-order valence-electron chi connectivity index (χ2n) is 4.57. The first-order chi connectivity index (χ1) is 9.66. The van der Waals surface area contributed by atoms with Crippen molar-refractivity contribution in [3.63, 3.8) is 0 Å². The van der Waals surface area contributed by atoms with Gasteiger partial charge in [0.25, 0.3) is 0 Å². The van der Waals surface area contributed by atoms with E-state index in [9.17, 15) is 0 Å². The van der Waals surface area contributed by atoms with Crippen molar-refractivity contribution >= 4 is 28.2 Å². The van der Waals surface area contributed by atoms with E-state index >= 15 is 0 Å². The van der Waals surface area contributed by atoms with Gasteiger partial charge in [0.05, 0.1) is 22.8 Å². The van der Waals surface area contributed by atoms with Crippen LogP contribution in [-0.4, -0.2) is 19.7 Å². The number of halogens is 1. The Bertz CT molecular complexity index is 765. The zero-order valence-corrected chi connectivity index (χ0v) is 12.0. The van der Waals surface area contributed by atoms with Crippen molar-refractivity contribution in [1.82, 2.24) is 19.7 Å². The number of rotatable bonds is 3. The fourth-order valence-corrected chi connectivity index (χ4v) is 2.28.